The smallest absolute Gasteiger partial charge is 0.327 e. The number of H-pyrrole nitrogens is 1. The van der Waals surface area contributed by atoms with Crippen molar-refractivity contribution in [2.24, 2.45) is 7.05 Å². The van der Waals surface area contributed by atoms with Crippen molar-refractivity contribution in [1.29, 1.82) is 0 Å². The summed E-state index contributed by atoms with van der Waals surface area (Å²) >= 11 is 0. The van der Waals surface area contributed by atoms with Gasteiger partial charge in [0.05, 0.1) is 47.4 Å². The fourth-order valence-electron chi connectivity index (χ4n) is 5.16. The summed E-state index contributed by atoms with van der Waals surface area (Å²) < 4.78 is 21.2. The highest BCUT2D eigenvalue weighted by Crippen LogP contribution is 2.36. The number of carbonyl (C=O) groups is 1. The third-order valence-corrected chi connectivity index (χ3v) is 7.10. The summed E-state index contributed by atoms with van der Waals surface area (Å²) in [5, 5.41) is 17.9. The van der Waals surface area contributed by atoms with E-state index in [2.05, 4.69) is 58.2 Å². The fourth-order valence-corrected chi connectivity index (χ4v) is 5.16. The molecule has 0 unspecified atom stereocenters. The van der Waals surface area contributed by atoms with Crippen LogP contribution in [0.2, 0.25) is 0 Å². The minimum Gasteiger partial charge on any atom is -0.476 e. The molecule has 0 fully saturated rings. The third-order valence-electron chi connectivity index (χ3n) is 7.10. The lowest BCUT2D eigenvalue weighted by Crippen LogP contribution is -2.35. The molecular weight excluding hydrogens is 510 g/mol. The highest BCUT2D eigenvalue weighted by atomic mass is 16.5. The Hall–Kier alpha value is -4.12. The molecule has 11 heteroatoms. The first kappa shape index (κ1) is 27.4. The molecule has 1 aliphatic rings. The molecule has 4 aromatic rings. The topological polar surface area (TPSA) is 112 Å². The minimum absolute atomic E-state index is 0.00690. The number of hydrogen-bond acceptors (Lipinski definition) is 8. The average molecular weight is 548 g/mol. The van der Waals surface area contributed by atoms with E-state index >= 15 is 0 Å². The van der Waals surface area contributed by atoms with Crippen LogP contribution in [0.4, 0.5) is 0 Å². The zero-order valence-corrected chi connectivity index (χ0v) is 24.0. The molecule has 4 heterocycles. The van der Waals surface area contributed by atoms with Crippen LogP contribution < -0.4 is 9.47 Å². The van der Waals surface area contributed by atoms with Crippen LogP contribution in [-0.4, -0.2) is 73.0 Å². The molecule has 0 radical (unpaired) electrons. The Kier molecular flexibility index (Phi) is 7.92. The van der Waals surface area contributed by atoms with E-state index in [1.54, 1.807) is 16.3 Å². The Bertz CT molecular complexity index is 1550. The molecule has 5 rings (SSSR count). The van der Waals surface area contributed by atoms with E-state index in [-0.39, 0.29) is 18.6 Å². The Morgan fingerprint density at radius 2 is 2.00 bits per heavy atom. The highest BCUT2D eigenvalue weighted by Gasteiger charge is 2.24. The molecule has 0 spiro atoms. The van der Waals surface area contributed by atoms with Crippen molar-refractivity contribution in [3.05, 3.63) is 40.8 Å². The number of aromatic nitrogens is 6. The second kappa shape index (κ2) is 11.5. The van der Waals surface area contributed by atoms with Crippen LogP contribution in [0.15, 0.2) is 18.3 Å². The number of likely N-dealkylation sites (N-methyl/N-ethyl adjacent to an activating group) is 1. The molecular formula is C29H37N7O4. The molecule has 1 N–H and O–H groups in total. The quantitative estimate of drug-likeness (QED) is 0.358. The van der Waals surface area contributed by atoms with Gasteiger partial charge in [0, 0.05) is 25.5 Å². The Balaban J connectivity index is 1.70. The lowest BCUT2D eigenvalue weighted by atomic mass is 9.99. The van der Waals surface area contributed by atoms with Gasteiger partial charge in [0.25, 0.3) is 0 Å². The summed E-state index contributed by atoms with van der Waals surface area (Å²) in [5.41, 5.74) is 6.46. The van der Waals surface area contributed by atoms with Crippen LogP contribution in [0, 0.1) is 6.92 Å². The van der Waals surface area contributed by atoms with Crippen molar-refractivity contribution in [3.8, 4) is 22.9 Å². The van der Waals surface area contributed by atoms with E-state index in [0.29, 0.717) is 38.1 Å². The molecule has 1 atom stereocenters. The average Bonchev–Trinajstić information content (AvgIpc) is 3.57. The number of nitrogens with one attached hydrogen (secondary N) is 1. The number of rotatable bonds is 6. The van der Waals surface area contributed by atoms with Crippen molar-refractivity contribution < 1.29 is 19.0 Å². The second-order valence-electron chi connectivity index (χ2n) is 9.96. The summed E-state index contributed by atoms with van der Waals surface area (Å²) in [5.74, 6) is 0.839. The molecule has 40 heavy (non-hydrogen) atoms. The van der Waals surface area contributed by atoms with Crippen molar-refractivity contribution in [2.45, 2.75) is 53.8 Å². The van der Waals surface area contributed by atoms with Gasteiger partial charge in [-0.25, -0.2) is 4.68 Å². The standard InChI is InChI=1S/C29H37N7O4/c1-7-35-15-19(5)40-29-23(14-30-34(29)6)21-13-22-24(31-32-25(22)12-18(21)4)11-10-20-26(16-35)36(17-27(37)38-8-2)33-28(20)39-9-3/h10-14,19H,7-9,15-17H2,1-6H3,(H,31,32)/b11-10+/t19-/m0/s1. The zero-order chi connectivity index (χ0) is 28.4. The molecule has 11 nitrogen and oxygen atoms in total. The van der Waals surface area contributed by atoms with Gasteiger partial charge in [-0.2, -0.15) is 10.2 Å². The predicted octanol–water partition coefficient (Wildman–Crippen LogP) is 4.20. The number of benzene rings is 1. The summed E-state index contributed by atoms with van der Waals surface area (Å²) in [7, 11) is 1.90. The molecule has 212 valence electrons. The Morgan fingerprint density at radius 3 is 2.75 bits per heavy atom. The molecule has 0 saturated carbocycles. The second-order valence-corrected chi connectivity index (χ2v) is 9.96. The SMILES string of the molecule is CCOC(=O)Cn1nc(OCC)c2c1CN(CC)C[C@H](C)Oc1c(cnn1C)-c1cc3c(n[nH]c3cc1C)/C=C/2. The number of esters is 1. The normalized spacial score (nSPS) is 16.6. The maximum atomic E-state index is 12.5. The van der Waals surface area contributed by atoms with Crippen molar-refractivity contribution in [3.63, 3.8) is 0 Å². The van der Waals surface area contributed by atoms with Crippen molar-refractivity contribution in [1.82, 2.24) is 34.7 Å². The van der Waals surface area contributed by atoms with Gasteiger partial charge in [0.1, 0.15) is 12.6 Å². The summed E-state index contributed by atoms with van der Waals surface area (Å²) in [6, 6.07) is 4.23. The van der Waals surface area contributed by atoms with E-state index < -0.39 is 0 Å². The summed E-state index contributed by atoms with van der Waals surface area (Å²) in [6.45, 7) is 12.7. The molecule has 3 aromatic heterocycles. The summed E-state index contributed by atoms with van der Waals surface area (Å²) in [6.07, 6.45) is 5.66. The maximum Gasteiger partial charge on any atom is 0.327 e. The molecule has 1 aliphatic heterocycles. The first-order chi connectivity index (χ1) is 19.3. The number of fused-ring (bicyclic) bond motifs is 4. The van der Waals surface area contributed by atoms with Gasteiger partial charge >= 0.3 is 5.97 Å². The first-order valence-corrected chi connectivity index (χ1v) is 13.8. The van der Waals surface area contributed by atoms with Crippen LogP contribution in [-0.2, 0) is 29.7 Å². The molecule has 0 aliphatic carbocycles. The third kappa shape index (κ3) is 5.33. The fraction of sp³-hybridized carbons (Fsp3) is 0.448. The van der Waals surface area contributed by atoms with Crippen molar-refractivity contribution >= 4 is 29.0 Å². The van der Waals surface area contributed by atoms with Crippen molar-refractivity contribution in [2.75, 3.05) is 26.3 Å². The van der Waals surface area contributed by atoms with Gasteiger partial charge in [0.15, 0.2) is 0 Å². The first-order valence-electron chi connectivity index (χ1n) is 13.8. The minimum atomic E-state index is -0.347. The molecule has 1 aromatic carbocycles. The van der Waals surface area contributed by atoms with E-state index in [9.17, 15) is 4.79 Å². The van der Waals surface area contributed by atoms with Gasteiger partial charge < -0.3 is 14.2 Å². The van der Waals surface area contributed by atoms with Crippen LogP contribution in [0.1, 0.15) is 50.2 Å². The van der Waals surface area contributed by atoms with Crippen LogP contribution in [0.3, 0.4) is 0 Å². The van der Waals surface area contributed by atoms with Gasteiger partial charge in [0.2, 0.25) is 11.8 Å². The molecule has 2 bridgehead atoms. The van der Waals surface area contributed by atoms with Gasteiger partial charge in [-0.15, -0.1) is 5.10 Å². The van der Waals surface area contributed by atoms with E-state index in [1.807, 2.05) is 32.3 Å². The van der Waals surface area contributed by atoms with Gasteiger partial charge in [-0.1, -0.05) is 6.92 Å². The highest BCUT2D eigenvalue weighted by molar-refractivity contribution is 5.94. The number of ether oxygens (including phenoxy) is 3. The zero-order valence-electron chi connectivity index (χ0n) is 24.0. The number of carbonyl (C=O) groups excluding carboxylic acids is 1. The maximum absolute atomic E-state index is 12.5. The number of hydrogen-bond donors (Lipinski definition) is 1. The number of aromatic amines is 1. The predicted molar refractivity (Wildman–Crippen MR) is 153 cm³/mol. The largest absolute Gasteiger partial charge is 0.476 e. The monoisotopic (exact) mass is 547 g/mol. The van der Waals surface area contributed by atoms with E-state index in [1.165, 1.54) is 0 Å². The number of nitrogens with zero attached hydrogens (tertiary/aromatic N) is 6. The lowest BCUT2D eigenvalue weighted by Gasteiger charge is -2.26. The van der Waals surface area contributed by atoms with Gasteiger partial charge in [-0.05, 0) is 69.7 Å². The molecule has 0 amide bonds. The van der Waals surface area contributed by atoms with Crippen LogP contribution in [0.5, 0.6) is 11.8 Å². The lowest BCUT2D eigenvalue weighted by molar-refractivity contribution is -0.144. The van der Waals surface area contributed by atoms with Crippen LogP contribution in [0.25, 0.3) is 34.2 Å². The van der Waals surface area contributed by atoms with E-state index in [4.69, 9.17) is 14.2 Å². The van der Waals surface area contributed by atoms with E-state index in [0.717, 1.165) is 51.1 Å². The number of aryl methyl sites for hydroxylation is 2. The molecule has 0 saturated heterocycles. The van der Waals surface area contributed by atoms with Gasteiger partial charge in [-0.3, -0.25) is 19.5 Å². The Labute approximate surface area is 233 Å². The van der Waals surface area contributed by atoms with Crippen LogP contribution >= 0.6 is 0 Å². The summed E-state index contributed by atoms with van der Waals surface area (Å²) in [4.78, 5) is 14.8. The Morgan fingerprint density at radius 1 is 1.18 bits per heavy atom.